The second-order valence-electron chi connectivity index (χ2n) is 8.65. The fraction of sp³-hybridized carbons (Fsp3) is 0.636. The van der Waals surface area contributed by atoms with Gasteiger partial charge in [0.05, 0.1) is 0 Å². The highest BCUT2D eigenvalue weighted by molar-refractivity contribution is 5.88. The molecule has 1 saturated heterocycles. The summed E-state index contributed by atoms with van der Waals surface area (Å²) in [6.45, 7) is 8.12. The summed E-state index contributed by atoms with van der Waals surface area (Å²) in [5, 5.41) is 0. The summed E-state index contributed by atoms with van der Waals surface area (Å²) < 4.78 is 0. The number of rotatable bonds is 4. The third kappa shape index (κ3) is 5.06. The van der Waals surface area contributed by atoms with Crippen LogP contribution in [0.5, 0.6) is 0 Å². The molecule has 0 radical (unpaired) electrons. The van der Waals surface area contributed by atoms with E-state index in [0.717, 1.165) is 24.9 Å². The van der Waals surface area contributed by atoms with Crippen LogP contribution in [0.15, 0.2) is 24.3 Å². The molecule has 2 aliphatic rings. The first-order valence-electron chi connectivity index (χ1n) is 10.3. The maximum atomic E-state index is 13.4. The Morgan fingerprint density at radius 3 is 2.50 bits per heavy atom. The van der Waals surface area contributed by atoms with Crippen LogP contribution in [0.3, 0.4) is 0 Å². The number of hydrogen-bond acceptors (Lipinski definition) is 3. The average molecular weight is 408 g/mol. The van der Waals surface area contributed by atoms with E-state index in [-0.39, 0.29) is 36.2 Å². The van der Waals surface area contributed by atoms with Crippen LogP contribution in [-0.2, 0) is 22.6 Å². The van der Waals surface area contributed by atoms with Crippen molar-refractivity contribution in [3.63, 3.8) is 0 Å². The van der Waals surface area contributed by atoms with Gasteiger partial charge in [0.25, 0.3) is 0 Å². The van der Waals surface area contributed by atoms with E-state index < -0.39 is 6.04 Å². The van der Waals surface area contributed by atoms with Gasteiger partial charge in [-0.25, -0.2) is 0 Å². The molecule has 2 aliphatic heterocycles. The van der Waals surface area contributed by atoms with E-state index >= 15 is 0 Å². The third-order valence-electron chi connectivity index (χ3n) is 5.95. The summed E-state index contributed by atoms with van der Waals surface area (Å²) >= 11 is 0. The number of carbonyl (C=O) groups is 2. The van der Waals surface area contributed by atoms with Gasteiger partial charge in [0.1, 0.15) is 6.04 Å². The zero-order chi connectivity index (χ0) is 19.6. The highest BCUT2D eigenvalue weighted by atomic mass is 35.5. The molecule has 1 aromatic rings. The first kappa shape index (κ1) is 22.7. The predicted octanol–water partition coefficient (Wildman–Crippen LogP) is 2.99. The van der Waals surface area contributed by atoms with Gasteiger partial charge in [0, 0.05) is 38.5 Å². The first-order valence-corrected chi connectivity index (χ1v) is 10.3. The molecule has 28 heavy (non-hydrogen) atoms. The summed E-state index contributed by atoms with van der Waals surface area (Å²) in [4.78, 5) is 30.1. The summed E-state index contributed by atoms with van der Waals surface area (Å²) in [5.74, 6) is 0.798. The highest BCUT2D eigenvalue weighted by Gasteiger charge is 2.38. The normalized spacial score (nSPS) is 23.0. The number of nitrogens with two attached hydrogens (primary N) is 1. The van der Waals surface area contributed by atoms with Crippen LogP contribution in [0.25, 0.3) is 0 Å². The smallest absolute Gasteiger partial charge is 0.245 e. The maximum Gasteiger partial charge on any atom is 0.245 e. The molecule has 0 aliphatic carbocycles. The number of hydrogen-bond donors (Lipinski definition) is 1. The van der Waals surface area contributed by atoms with Crippen molar-refractivity contribution in [2.45, 2.75) is 65.1 Å². The minimum atomic E-state index is -0.391. The Labute approximate surface area is 175 Å². The number of nitrogens with zero attached hydrogens (tertiary/aromatic N) is 2. The molecule has 3 unspecified atom stereocenters. The zero-order valence-corrected chi connectivity index (χ0v) is 18.1. The molecule has 6 heteroatoms. The van der Waals surface area contributed by atoms with Crippen molar-refractivity contribution >= 4 is 24.2 Å². The Kier molecular flexibility index (Phi) is 7.90. The molecular formula is C22H34ClN3O2. The van der Waals surface area contributed by atoms with Crippen LogP contribution in [-0.4, -0.2) is 46.8 Å². The van der Waals surface area contributed by atoms with Crippen LogP contribution >= 0.6 is 12.4 Å². The summed E-state index contributed by atoms with van der Waals surface area (Å²) in [6.07, 6.45) is 3.15. The van der Waals surface area contributed by atoms with Crippen LogP contribution in [0.4, 0.5) is 0 Å². The molecule has 3 rings (SSSR count). The Hall–Kier alpha value is -1.59. The van der Waals surface area contributed by atoms with Gasteiger partial charge in [-0.15, -0.1) is 12.4 Å². The quantitative estimate of drug-likeness (QED) is 0.834. The molecule has 1 fully saturated rings. The molecule has 0 bridgehead atoms. The molecule has 2 amide bonds. The largest absolute Gasteiger partial charge is 0.341 e. The van der Waals surface area contributed by atoms with E-state index in [1.165, 1.54) is 5.56 Å². The van der Waals surface area contributed by atoms with E-state index in [0.29, 0.717) is 31.8 Å². The predicted molar refractivity (Wildman–Crippen MR) is 114 cm³/mol. The van der Waals surface area contributed by atoms with Crippen LogP contribution in [0.1, 0.15) is 51.2 Å². The number of halogens is 1. The fourth-order valence-corrected chi connectivity index (χ4v) is 4.32. The first-order chi connectivity index (χ1) is 12.9. The number of carbonyl (C=O) groups excluding carboxylic acids is 2. The van der Waals surface area contributed by atoms with Crippen molar-refractivity contribution in [1.82, 2.24) is 9.80 Å². The Morgan fingerprint density at radius 2 is 1.86 bits per heavy atom. The monoisotopic (exact) mass is 407 g/mol. The SMILES string of the molecule is CC(C)CC(=O)N1Cc2ccccc2CC1C(=O)N1CCCC(C(C)N)C1.Cl. The van der Waals surface area contributed by atoms with E-state index in [1.54, 1.807) is 0 Å². The molecule has 0 aromatic heterocycles. The Balaban J connectivity index is 0.00000280. The number of piperidine rings is 1. The van der Waals surface area contributed by atoms with Gasteiger partial charge in [0.15, 0.2) is 0 Å². The van der Waals surface area contributed by atoms with Gasteiger partial charge in [-0.1, -0.05) is 38.1 Å². The zero-order valence-electron chi connectivity index (χ0n) is 17.3. The van der Waals surface area contributed by atoms with Crippen molar-refractivity contribution < 1.29 is 9.59 Å². The highest BCUT2D eigenvalue weighted by Crippen LogP contribution is 2.28. The summed E-state index contributed by atoms with van der Waals surface area (Å²) in [7, 11) is 0. The summed E-state index contributed by atoms with van der Waals surface area (Å²) in [5.41, 5.74) is 8.44. The van der Waals surface area contributed by atoms with Crippen molar-refractivity contribution in [1.29, 1.82) is 0 Å². The van der Waals surface area contributed by atoms with Crippen LogP contribution in [0.2, 0.25) is 0 Å². The molecule has 1 aromatic carbocycles. The minimum Gasteiger partial charge on any atom is -0.341 e. The molecule has 0 spiro atoms. The molecule has 2 N–H and O–H groups in total. The van der Waals surface area contributed by atoms with Crippen LogP contribution in [0, 0.1) is 11.8 Å². The van der Waals surface area contributed by atoms with Gasteiger partial charge in [-0.05, 0) is 42.7 Å². The lowest BCUT2D eigenvalue weighted by Gasteiger charge is -2.41. The second kappa shape index (κ2) is 9.75. The van der Waals surface area contributed by atoms with Crippen molar-refractivity contribution in [2.75, 3.05) is 13.1 Å². The number of fused-ring (bicyclic) bond motifs is 1. The van der Waals surface area contributed by atoms with Crippen molar-refractivity contribution in [3.05, 3.63) is 35.4 Å². The Bertz CT molecular complexity index is 692. The molecule has 5 nitrogen and oxygen atoms in total. The van der Waals surface area contributed by atoms with Crippen molar-refractivity contribution in [3.8, 4) is 0 Å². The maximum absolute atomic E-state index is 13.4. The van der Waals surface area contributed by atoms with E-state index in [2.05, 4.69) is 12.1 Å². The molecular weight excluding hydrogens is 374 g/mol. The van der Waals surface area contributed by atoms with E-state index in [9.17, 15) is 9.59 Å². The lowest BCUT2D eigenvalue weighted by Crippen LogP contribution is -2.56. The number of benzene rings is 1. The Morgan fingerprint density at radius 1 is 1.18 bits per heavy atom. The van der Waals surface area contributed by atoms with Gasteiger partial charge in [0.2, 0.25) is 11.8 Å². The number of amides is 2. The van der Waals surface area contributed by atoms with Gasteiger partial charge in [-0.2, -0.15) is 0 Å². The van der Waals surface area contributed by atoms with Crippen molar-refractivity contribution in [2.24, 2.45) is 17.6 Å². The number of likely N-dealkylation sites (tertiary alicyclic amines) is 1. The lowest BCUT2D eigenvalue weighted by atomic mass is 9.89. The average Bonchev–Trinajstić information content (AvgIpc) is 2.65. The minimum absolute atomic E-state index is 0. The van der Waals surface area contributed by atoms with Gasteiger partial charge >= 0.3 is 0 Å². The second-order valence-corrected chi connectivity index (χ2v) is 8.65. The van der Waals surface area contributed by atoms with Crippen LogP contribution < -0.4 is 5.73 Å². The molecule has 3 atom stereocenters. The summed E-state index contributed by atoms with van der Waals surface area (Å²) in [6, 6.07) is 7.87. The van der Waals surface area contributed by atoms with Gasteiger partial charge in [-0.3, -0.25) is 9.59 Å². The van der Waals surface area contributed by atoms with E-state index in [1.807, 2.05) is 42.7 Å². The molecule has 156 valence electrons. The topological polar surface area (TPSA) is 66.6 Å². The fourth-order valence-electron chi connectivity index (χ4n) is 4.32. The lowest BCUT2D eigenvalue weighted by molar-refractivity contribution is -0.148. The van der Waals surface area contributed by atoms with E-state index in [4.69, 9.17) is 5.73 Å². The standard InChI is InChI=1S/C22H33N3O2.ClH/c1-15(2)11-21(26)25-14-19-8-5-4-7-17(19)12-20(25)22(27)24-10-6-9-18(13-24)16(3)23;/h4-5,7-8,15-16,18,20H,6,9-14,23H2,1-3H3;1H. The molecule has 0 saturated carbocycles. The third-order valence-corrected chi connectivity index (χ3v) is 5.95. The van der Waals surface area contributed by atoms with Gasteiger partial charge < -0.3 is 15.5 Å². The molecule has 2 heterocycles.